The Balaban J connectivity index is 2.01. The maximum atomic E-state index is 12.6. The fourth-order valence-corrected chi connectivity index (χ4v) is 3.60. The minimum absolute atomic E-state index is 0.0796. The number of ether oxygens (including phenoxy) is 3. The molecule has 2 aromatic rings. The maximum absolute atomic E-state index is 12.6. The molecule has 1 aromatic carbocycles. The van der Waals surface area contributed by atoms with E-state index in [0.29, 0.717) is 10.4 Å². The Bertz CT molecular complexity index is 1050. The minimum atomic E-state index is -0.798. The van der Waals surface area contributed by atoms with Crippen molar-refractivity contribution in [3.63, 3.8) is 0 Å². The third kappa shape index (κ3) is 4.15. The van der Waals surface area contributed by atoms with Crippen molar-refractivity contribution in [1.29, 1.82) is 5.26 Å². The van der Waals surface area contributed by atoms with Crippen LogP contribution >= 0.6 is 11.3 Å². The summed E-state index contributed by atoms with van der Waals surface area (Å²) >= 11 is 1.27. The average Bonchev–Trinajstić information content (AvgIpc) is 3.23. The maximum Gasteiger partial charge on any atom is 0.353 e. The summed E-state index contributed by atoms with van der Waals surface area (Å²) in [4.78, 5) is 25.3. The fraction of sp³-hybridized carbons (Fsp3) is 0.190. The number of carbonyl (C=O) groups excluding carboxylic acids is 2. The molecule has 0 saturated heterocycles. The number of rotatable bonds is 5. The number of nitrogens with two attached hydrogens (primary N) is 1. The molecule has 8 heteroatoms. The van der Waals surface area contributed by atoms with Gasteiger partial charge < -0.3 is 19.9 Å². The molecule has 7 nitrogen and oxygen atoms in total. The lowest BCUT2D eigenvalue weighted by Gasteiger charge is -2.27. The van der Waals surface area contributed by atoms with Crippen LogP contribution in [0.3, 0.4) is 0 Å². The molecule has 1 aliphatic heterocycles. The van der Waals surface area contributed by atoms with Gasteiger partial charge in [-0.05, 0) is 43.0 Å². The lowest BCUT2D eigenvalue weighted by molar-refractivity contribution is -0.139. The van der Waals surface area contributed by atoms with E-state index in [2.05, 4.69) is 0 Å². The normalized spacial score (nSPS) is 16.1. The minimum Gasteiger partial charge on any atom is -0.463 e. The van der Waals surface area contributed by atoms with Gasteiger partial charge in [0.1, 0.15) is 28.0 Å². The fourth-order valence-electron chi connectivity index (χ4n) is 3.00. The number of hydrogen-bond acceptors (Lipinski definition) is 8. The first kappa shape index (κ1) is 20.2. The Morgan fingerprint density at radius 3 is 2.72 bits per heavy atom. The highest BCUT2D eigenvalue weighted by atomic mass is 32.1. The molecule has 2 heterocycles. The third-order valence-electron chi connectivity index (χ3n) is 4.23. The predicted octanol–water partition coefficient (Wildman–Crippen LogP) is 3.61. The van der Waals surface area contributed by atoms with Crippen LogP contribution < -0.4 is 10.5 Å². The molecule has 1 atom stereocenters. The van der Waals surface area contributed by atoms with Gasteiger partial charge in [0.2, 0.25) is 5.88 Å². The first-order chi connectivity index (χ1) is 14.0. The zero-order valence-corrected chi connectivity index (χ0v) is 16.6. The lowest BCUT2D eigenvalue weighted by atomic mass is 9.83. The van der Waals surface area contributed by atoms with Crippen LogP contribution in [0.5, 0.6) is 5.75 Å². The second kappa shape index (κ2) is 8.63. The summed E-state index contributed by atoms with van der Waals surface area (Å²) in [5.74, 6) is -1.43. The number of esters is 2. The second-order valence-electron chi connectivity index (χ2n) is 6.05. The van der Waals surface area contributed by atoms with Gasteiger partial charge in [0.15, 0.2) is 0 Å². The summed E-state index contributed by atoms with van der Waals surface area (Å²) in [6.45, 7) is 3.44. The van der Waals surface area contributed by atoms with Gasteiger partial charge in [0, 0.05) is 0 Å². The van der Waals surface area contributed by atoms with Gasteiger partial charge in [-0.2, -0.15) is 5.26 Å². The topological polar surface area (TPSA) is 112 Å². The standard InChI is InChI=1S/C21H18N2O5S/c1-3-26-21(25)17-12(2)27-19(23)15(11-22)18(17)13-6-4-7-14(10-13)28-20(24)16-8-5-9-29-16/h4-10,18H,3,23H2,1-2H3. The molecular formula is C21H18N2O5S. The third-order valence-corrected chi connectivity index (χ3v) is 5.08. The highest BCUT2D eigenvalue weighted by molar-refractivity contribution is 7.12. The molecule has 0 aliphatic carbocycles. The van der Waals surface area contributed by atoms with E-state index >= 15 is 0 Å². The summed E-state index contributed by atoms with van der Waals surface area (Å²) < 4.78 is 16.0. The van der Waals surface area contributed by atoms with Crippen LogP contribution in [0.1, 0.15) is 35.0 Å². The van der Waals surface area contributed by atoms with E-state index in [9.17, 15) is 14.9 Å². The molecule has 0 fully saturated rings. The van der Waals surface area contributed by atoms with E-state index in [4.69, 9.17) is 19.9 Å². The van der Waals surface area contributed by atoms with E-state index in [1.807, 2.05) is 6.07 Å². The average molecular weight is 410 g/mol. The zero-order chi connectivity index (χ0) is 21.0. The SMILES string of the molecule is CCOC(=O)C1=C(C)OC(N)=C(C#N)C1c1cccc(OC(=O)c2cccs2)c1. The number of nitriles is 1. The summed E-state index contributed by atoms with van der Waals surface area (Å²) in [5.41, 5.74) is 6.70. The first-order valence-corrected chi connectivity index (χ1v) is 9.65. The number of hydrogen-bond donors (Lipinski definition) is 1. The van der Waals surface area contributed by atoms with Gasteiger partial charge in [0.25, 0.3) is 0 Å². The van der Waals surface area contributed by atoms with E-state index in [1.54, 1.807) is 55.6 Å². The molecule has 0 saturated carbocycles. The summed E-state index contributed by atoms with van der Waals surface area (Å²) in [5, 5.41) is 11.4. The van der Waals surface area contributed by atoms with Crippen molar-refractivity contribution in [3.05, 3.63) is 75.0 Å². The van der Waals surface area contributed by atoms with E-state index < -0.39 is 17.9 Å². The van der Waals surface area contributed by atoms with Crippen molar-refractivity contribution in [3.8, 4) is 11.8 Å². The van der Waals surface area contributed by atoms with Crippen molar-refractivity contribution in [1.82, 2.24) is 0 Å². The van der Waals surface area contributed by atoms with E-state index in [-0.39, 0.29) is 35.1 Å². The highest BCUT2D eigenvalue weighted by Crippen LogP contribution is 2.40. The van der Waals surface area contributed by atoms with Crippen molar-refractivity contribution >= 4 is 23.3 Å². The Morgan fingerprint density at radius 1 is 1.28 bits per heavy atom. The van der Waals surface area contributed by atoms with Crippen molar-refractivity contribution in [2.24, 2.45) is 5.73 Å². The Labute approximate surface area is 171 Å². The molecule has 0 spiro atoms. The Hall–Kier alpha value is -3.57. The number of carbonyl (C=O) groups is 2. The zero-order valence-electron chi connectivity index (χ0n) is 15.8. The van der Waals surface area contributed by atoms with Crippen molar-refractivity contribution in [2.75, 3.05) is 6.61 Å². The van der Waals surface area contributed by atoms with E-state index in [1.165, 1.54) is 11.3 Å². The van der Waals surface area contributed by atoms with Crippen LogP contribution in [0, 0.1) is 11.3 Å². The largest absolute Gasteiger partial charge is 0.463 e. The summed E-state index contributed by atoms with van der Waals surface area (Å²) in [7, 11) is 0. The monoisotopic (exact) mass is 410 g/mol. The van der Waals surface area contributed by atoms with E-state index in [0.717, 1.165) is 0 Å². The molecule has 1 unspecified atom stereocenters. The van der Waals surface area contributed by atoms with Gasteiger partial charge in [-0.25, -0.2) is 9.59 Å². The number of nitrogens with zero attached hydrogens (tertiary/aromatic N) is 1. The van der Waals surface area contributed by atoms with Crippen LogP contribution in [-0.2, 0) is 14.3 Å². The molecule has 1 aliphatic rings. The lowest BCUT2D eigenvalue weighted by Crippen LogP contribution is -2.25. The number of allylic oxidation sites excluding steroid dienone is 2. The van der Waals surface area contributed by atoms with Gasteiger partial charge in [-0.3, -0.25) is 0 Å². The summed E-state index contributed by atoms with van der Waals surface area (Å²) in [6, 6.07) is 12.0. The summed E-state index contributed by atoms with van der Waals surface area (Å²) in [6.07, 6.45) is 0. The van der Waals surface area contributed by atoms with Crippen LogP contribution in [0.25, 0.3) is 0 Å². The van der Waals surface area contributed by atoms with Crippen LogP contribution in [0.15, 0.2) is 64.6 Å². The molecule has 0 amide bonds. The van der Waals surface area contributed by atoms with Gasteiger partial charge in [-0.1, -0.05) is 18.2 Å². The number of thiophene rings is 1. The van der Waals surface area contributed by atoms with Crippen LogP contribution in [-0.4, -0.2) is 18.5 Å². The first-order valence-electron chi connectivity index (χ1n) is 8.77. The van der Waals surface area contributed by atoms with Gasteiger partial charge in [-0.15, -0.1) is 11.3 Å². The molecular weight excluding hydrogens is 392 g/mol. The molecule has 0 radical (unpaired) electrons. The van der Waals surface area contributed by atoms with Gasteiger partial charge >= 0.3 is 11.9 Å². The van der Waals surface area contributed by atoms with Crippen LogP contribution in [0.2, 0.25) is 0 Å². The number of benzene rings is 1. The molecule has 3 rings (SSSR count). The molecule has 2 N–H and O–H groups in total. The Morgan fingerprint density at radius 2 is 2.07 bits per heavy atom. The van der Waals surface area contributed by atoms with Crippen molar-refractivity contribution in [2.45, 2.75) is 19.8 Å². The molecule has 0 bridgehead atoms. The molecule has 29 heavy (non-hydrogen) atoms. The second-order valence-corrected chi connectivity index (χ2v) is 7.00. The quantitative estimate of drug-likeness (QED) is 0.592. The van der Waals surface area contributed by atoms with Crippen molar-refractivity contribution < 1.29 is 23.8 Å². The van der Waals surface area contributed by atoms with Crippen LogP contribution in [0.4, 0.5) is 0 Å². The van der Waals surface area contributed by atoms with Gasteiger partial charge in [0.05, 0.1) is 18.1 Å². The smallest absolute Gasteiger partial charge is 0.353 e. The highest BCUT2D eigenvalue weighted by Gasteiger charge is 2.36. The predicted molar refractivity (Wildman–Crippen MR) is 106 cm³/mol. The Kier molecular flexibility index (Phi) is 6.00. The molecule has 1 aromatic heterocycles. The molecule has 148 valence electrons.